The molecule has 2 aromatic heterocycles. The smallest absolute Gasteiger partial charge is 0.156 e. The fourth-order valence-electron chi connectivity index (χ4n) is 4.52. The van der Waals surface area contributed by atoms with Gasteiger partial charge in [-0.1, -0.05) is 12.1 Å². The summed E-state index contributed by atoms with van der Waals surface area (Å²) in [6.45, 7) is 7.05. The molecule has 6 nitrogen and oxygen atoms in total. The minimum absolute atomic E-state index is 0.780. The van der Waals surface area contributed by atoms with Crippen molar-refractivity contribution in [1.29, 1.82) is 0 Å². The Morgan fingerprint density at radius 1 is 0.929 bits per heavy atom. The van der Waals surface area contributed by atoms with Crippen molar-refractivity contribution in [2.24, 2.45) is 0 Å². The van der Waals surface area contributed by atoms with Gasteiger partial charge in [-0.25, -0.2) is 9.97 Å². The Hall–Kier alpha value is -2.44. The number of H-pyrrole nitrogens is 1. The summed E-state index contributed by atoms with van der Waals surface area (Å²) in [5, 5.41) is 0. The Balaban J connectivity index is 1.23. The SMILES string of the molecule is CN1CCC(N2CCN(c3ccc(-c4cnc5[nH]ccc5n4)cc3)CC2)CC1. The summed E-state index contributed by atoms with van der Waals surface area (Å²) in [4.78, 5) is 19.9. The van der Waals surface area contributed by atoms with Gasteiger partial charge in [0.25, 0.3) is 0 Å². The molecule has 2 aliphatic heterocycles. The molecule has 0 unspecified atom stereocenters. The van der Waals surface area contributed by atoms with Crippen molar-refractivity contribution >= 4 is 16.9 Å². The molecular formula is C22H28N6. The van der Waals surface area contributed by atoms with E-state index in [1.807, 2.05) is 18.5 Å². The van der Waals surface area contributed by atoms with Crippen molar-refractivity contribution in [2.45, 2.75) is 18.9 Å². The summed E-state index contributed by atoms with van der Waals surface area (Å²) in [6.07, 6.45) is 6.35. The molecule has 3 aromatic rings. The van der Waals surface area contributed by atoms with E-state index in [9.17, 15) is 0 Å². The first-order chi connectivity index (χ1) is 13.8. The summed E-state index contributed by atoms with van der Waals surface area (Å²) >= 11 is 0. The molecule has 0 bridgehead atoms. The Labute approximate surface area is 166 Å². The fraction of sp³-hybridized carbons (Fsp3) is 0.455. The van der Waals surface area contributed by atoms with Gasteiger partial charge in [-0.15, -0.1) is 0 Å². The Bertz CT molecular complexity index is 918. The number of nitrogens with zero attached hydrogens (tertiary/aromatic N) is 5. The van der Waals surface area contributed by atoms with Crippen LogP contribution in [0.1, 0.15) is 12.8 Å². The average Bonchev–Trinajstić information content (AvgIpc) is 3.23. The Kier molecular flexibility index (Phi) is 4.74. The maximum Gasteiger partial charge on any atom is 0.156 e. The van der Waals surface area contributed by atoms with Gasteiger partial charge < -0.3 is 14.8 Å². The number of nitrogens with one attached hydrogen (secondary N) is 1. The molecule has 2 fully saturated rings. The summed E-state index contributed by atoms with van der Waals surface area (Å²) in [6, 6.07) is 11.5. The minimum Gasteiger partial charge on any atom is -0.369 e. The molecule has 28 heavy (non-hydrogen) atoms. The van der Waals surface area contributed by atoms with Crippen molar-refractivity contribution in [3.05, 3.63) is 42.7 Å². The molecule has 6 heteroatoms. The highest BCUT2D eigenvalue weighted by molar-refractivity contribution is 5.74. The Morgan fingerprint density at radius 2 is 1.68 bits per heavy atom. The minimum atomic E-state index is 0.780. The van der Waals surface area contributed by atoms with E-state index in [0.29, 0.717) is 0 Å². The molecule has 5 rings (SSSR count). The van der Waals surface area contributed by atoms with Gasteiger partial charge in [-0.05, 0) is 51.2 Å². The van der Waals surface area contributed by atoms with E-state index >= 15 is 0 Å². The van der Waals surface area contributed by atoms with Crippen LogP contribution in [-0.2, 0) is 0 Å². The van der Waals surface area contributed by atoms with Gasteiger partial charge in [0.15, 0.2) is 5.65 Å². The first-order valence-corrected chi connectivity index (χ1v) is 10.3. The largest absolute Gasteiger partial charge is 0.369 e. The molecule has 0 aliphatic carbocycles. The molecule has 1 N–H and O–H groups in total. The zero-order valence-corrected chi connectivity index (χ0v) is 16.5. The topological polar surface area (TPSA) is 51.3 Å². The number of aromatic nitrogens is 3. The number of benzene rings is 1. The lowest BCUT2D eigenvalue weighted by Crippen LogP contribution is -2.53. The molecule has 0 spiro atoms. The molecule has 2 saturated heterocycles. The summed E-state index contributed by atoms with van der Waals surface area (Å²) in [5.41, 5.74) is 5.09. The number of aromatic amines is 1. The van der Waals surface area contributed by atoms with Crippen LogP contribution in [0.3, 0.4) is 0 Å². The van der Waals surface area contributed by atoms with Crippen molar-refractivity contribution < 1.29 is 0 Å². The van der Waals surface area contributed by atoms with Gasteiger partial charge in [-0.3, -0.25) is 4.90 Å². The third-order valence-electron chi connectivity index (χ3n) is 6.31. The molecule has 0 saturated carbocycles. The number of piperazine rings is 1. The van der Waals surface area contributed by atoms with E-state index in [2.05, 4.69) is 56.0 Å². The van der Waals surface area contributed by atoms with Gasteiger partial charge >= 0.3 is 0 Å². The van der Waals surface area contributed by atoms with Crippen LogP contribution in [0, 0.1) is 0 Å². The normalized spacial score (nSPS) is 20.1. The van der Waals surface area contributed by atoms with Crippen LogP contribution in [0.5, 0.6) is 0 Å². The average molecular weight is 377 g/mol. The number of hydrogen-bond acceptors (Lipinski definition) is 5. The number of anilines is 1. The highest BCUT2D eigenvalue weighted by Gasteiger charge is 2.26. The fourth-order valence-corrected chi connectivity index (χ4v) is 4.52. The lowest BCUT2D eigenvalue weighted by Gasteiger charge is -2.42. The lowest BCUT2D eigenvalue weighted by molar-refractivity contribution is 0.115. The van der Waals surface area contributed by atoms with Gasteiger partial charge in [0, 0.05) is 49.7 Å². The van der Waals surface area contributed by atoms with Crippen LogP contribution >= 0.6 is 0 Å². The molecule has 146 valence electrons. The van der Waals surface area contributed by atoms with Crippen molar-refractivity contribution in [2.75, 3.05) is 51.2 Å². The molecular weight excluding hydrogens is 348 g/mol. The van der Waals surface area contributed by atoms with Crippen LogP contribution < -0.4 is 4.90 Å². The molecule has 2 aliphatic rings. The first-order valence-electron chi connectivity index (χ1n) is 10.3. The number of likely N-dealkylation sites (tertiary alicyclic amines) is 1. The number of piperidine rings is 1. The van der Waals surface area contributed by atoms with Gasteiger partial charge in [0.05, 0.1) is 11.9 Å². The molecule has 4 heterocycles. The summed E-state index contributed by atoms with van der Waals surface area (Å²) < 4.78 is 0. The highest BCUT2D eigenvalue weighted by atomic mass is 15.3. The monoisotopic (exact) mass is 376 g/mol. The van der Waals surface area contributed by atoms with Crippen LogP contribution in [0.15, 0.2) is 42.7 Å². The van der Waals surface area contributed by atoms with Gasteiger partial charge in [-0.2, -0.15) is 0 Å². The van der Waals surface area contributed by atoms with E-state index in [4.69, 9.17) is 4.98 Å². The van der Waals surface area contributed by atoms with E-state index in [1.165, 1.54) is 44.7 Å². The quantitative estimate of drug-likeness (QED) is 0.762. The predicted octanol–water partition coefficient (Wildman–Crippen LogP) is 2.84. The maximum atomic E-state index is 4.70. The maximum absolute atomic E-state index is 4.70. The van der Waals surface area contributed by atoms with Crippen LogP contribution in [-0.4, -0.2) is 77.1 Å². The van der Waals surface area contributed by atoms with E-state index in [0.717, 1.165) is 41.6 Å². The predicted molar refractivity (Wildman–Crippen MR) is 114 cm³/mol. The van der Waals surface area contributed by atoms with Gasteiger partial charge in [0.2, 0.25) is 0 Å². The van der Waals surface area contributed by atoms with Crippen molar-refractivity contribution in [3.8, 4) is 11.3 Å². The second-order valence-corrected chi connectivity index (χ2v) is 8.07. The molecule has 0 atom stereocenters. The van der Waals surface area contributed by atoms with E-state index < -0.39 is 0 Å². The number of hydrogen-bond donors (Lipinski definition) is 1. The van der Waals surface area contributed by atoms with Gasteiger partial charge in [0.1, 0.15) is 5.52 Å². The highest BCUT2D eigenvalue weighted by Crippen LogP contribution is 2.25. The number of rotatable bonds is 3. The molecule has 0 amide bonds. The second kappa shape index (κ2) is 7.53. The summed E-state index contributed by atoms with van der Waals surface area (Å²) in [7, 11) is 2.24. The van der Waals surface area contributed by atoms with Crippen LogP contribution in [0.4, 0.5) is 5.69 Å². The first kappa shape index (κ1) is 17.6. The third-order valence-corrected chi connectivity index (χ3v) is 6.31. The van der Waals surface area contributed by atoms with Crippen molar-refractivity contribution in [1.82, 2.24) is 24.8 Å². The summed E-state index contributed by atoms with van der Waals surface area (Å²) in [5.74, 6) is 0. The lowest BCUT2D eigenvalue weighted by atomic mass is 10.0. The zero-order chi connectivity index (χ0) is 18.9. The zero-order valence-electron chi connectivity index (χ0n) is 16.5. The van der Waals surface area contributed by atoms with Crippen LogP contribution in [0.25, 0.3) is 22.4 Å². The molecule has 0 radical (unpaired) electrons. The van der Waals surface area contributed by atoms with E-state index in [1.54, 1.807) is 0 Å². The van der Waals surface area contributed by atoms with Crippen LogP contribution in [0.2, 0.25) is 0 Å². The van der Waals surface area contributed by atoms with E-state index in [-0.39, 0.29) is 0 Å². The van der Waals surface area contributed by atoms with Crippen molar-refractivity contribution in [3.63, 3.8) is 0 Å². The third kappa shape index (κ3) is 3.50. The molecule has 1 aromatic carbocycles. The number of fused-ring (bicyclic) bond motifs is 1. The standard InChI is InChI=1S/C22H28N6/c1-26-10-7-19(8-11-26)28-14-12-27(13-15-28)18-4-2-17(3-5-18)21-16-24-22-20(25-21)6-9-23-22/h2-6,9,16,19H,7-8,10-15H2,1H3,(H,23,24). The Morgan fingerprint density at radius 3 is 2.43 bits per heavy atom. The second-order valence-electron chi connectivity index (χ2n) is 8.07.